The predicted octanol–water partition coefficient (Wildman–Crippen LogP) is 4.26. The van der Waals surface area contributed by atoms with Gasteiger partial charge in [-0.2, -0.15) is 0 Å². The van der Waals surface area contributed by atoms with E-state index in [1.54, 1.807) is 0 Å². The van der Waals surface area contributed by atoms with Gasteiger partial charge in [-0.25, -0.2) is 0 Å². The van der Waals surface area contributed by atoms with Crippen molar-refractivity contribution in [2.24, 2.45) is 5.41 Å². The molecule has 2 nitrogen and oxygen atoms in total. The lowest BCUT2D eigenvalue weighted by atomic mass is 9.87. The van der Waals surface area contributed by atoms with Gasteiger partial charge in [0.2, 0.25) is 0 Å². The first-order valence-electron chi connectivity index (χ1n) is 7.21. The normalized spacial score (nSPS) is 12.5. The second-order valence-corrected chi connectivity index (χ2v) is 7.03. The quantitative estimate of drug-likeness (QED) is 0.742. The smallest absolute Gasteiger partial charge is 0.119 e. The van der Waals surface area contributed by atoms with Gasteiger partial charge in [0, 0.05) is 12.1 Å². The van der Waals surface area contributed by atoms with Gasteiger partial charge in [0.25, 0.3) is 0 Å². The molecule has 0 amide bonds. The SMILES string of the molecule is CC(C)(CCCOc1ccccc1)CNC(C)(C)C. The molecule has 0 fully saturated rings. The average Bonchev–Trinajstić information content (AvgIpc) is 2.33. The summed E-state index contributed by atoms with van der Waals surface area (Å²) in [5.41, 5.74) is 0.505. The van der Waals surface area contributed by atoms with Gasteiger partial charge in [-0.3, -0.25) is 0 Å². The molecule has 1 rings (SSSR count). The number of hydrogen-bond donors (Lipinski definition) is 1. The Bertz CT molecular complexity index is 351. The van der Waals surface area contributed by atoms with Crippen LogP contribution in [0.4, 0.5) is 0 Å². The Labute approximate surface area is 118 Å². The number of ether oxygens (including phenoxy) is 1. The van der Waals surface area contributed by atoms with E-state index in [9.17, 15) is 0 Å². The van der Waals surface area contributed by atoms with E-state index in [-0.39, 0.29) is 5.54 Å². The molecule has 2 heteroatoms. The Hall–Kier alpha value is -1.02. The van der Waals surface area contributed by atoms with Crippen molar-refractivity contribution < 1.29 is 4.74 Å². The van der Waals surface area contributed by atoms with Crippen LogP contribution in [0, 0.1) is 5.41 Å². The third-order valence-corrected chi connectivity index (χ3v) is 3.11. The summed E-state index contributed by atoms with van der Waals surface area (Å²) < 4.78 is 5.73. The first kappa shape index (κ1) is 16.0. The van der Waals surface area contributed by atoms with Crippen molar-refractivity contribution in [2.75, 3.05) is 13.2 Å². The molecule has 0 atom stereocenters. The molecular weight excluding hydrogens is 234 g/mol. The fourth-order valence-electron chi connectivity index (χ4n) is 1.85. The minimum Gasteiger partial charge on any atom is -0.494 e. The van der Waals surface area contributed by atoms with E-state index in [1.807, 2.05) is 30.3 Å². The van der Waals surface area contributed by atoms with Crippen LogP contribution in [0.25, 0.3) is 0 Å². The van der Waals surface area contributed by atoms with Gasteiger partial charge in [0.15, 0.2) is 0 Å². The average molecular weight is 263 g/mol. The summed E-state index contributed by atoms with van der Waals surface area (Å²) >= 11 is 0. The van der Waals surface area contributed by atoms with Crippen molar-refractivity contribution >= 4 is 0 Å². The van der Waals surface area contributed by atoms with Gasteiger partial charge < -0.3 is 10.1 Å². The molecule has 0 spiro atoms. The lowest BCUT2D eigenvalue weighted by molar-refractivity contribution is 0.234. The molecule has 0 heterocycles. The Morgan fingerprint density at radius 1 is 1.00 bits per heavy atom. The van der Waals surface area contributed by atoms with E-state index >= 15 is 0 Å². The van der Waals surface area contributed by atoms with Crippen LogP contribution in [-0.2, 0) is 0 Å². The fourth-order valence-corrected chi connectivity index (χ4v) is 1.85. The zero-order valence-corrected chi connectivity index (χ0v) is 13.1. The van der Waals surface area contributed by atoms with E-state index in [4.69, 9.17) is 4.74 Å². The molecule has 0 unspecified atom stereocenters. The van der Waals surface area contributed by atoms with Crippen molar-refractivity contribution in [1.29, 1.82) is 0 Å². The minimum atomic E-state index is 0.192. The molecule has 1 aromatic carbocycles. The fraction of sp³-hybridized carbons (Fsp3) is 0.647. The van der Waals surface area contributed by atoms with Crippen LogP contribution in [0.2, 0.25) is 0 Å². The zero-order valence-electron chi connectivity index (χ0n) is 13.1. The van der Waals surface area contributed by atoms with Crippen LogP contribution in [0.1, 0.15) is 47.5 Å². The molecule has 1 N–H and O–H groups in total. The highest BCUT2D eigenvalue weighted by atomic mass is 16.5. The van der Waals surface area contributed by atoms with Crippen LogP contribution in [0.3, 0.4) is 0 Å². The van der Waals surface area contributed by atoms with Crippen LogP contribution < -0.4 is 10.1 Å². The summed E-state index contributed by atoms with van der Waals surface area (Å²) in [4.78, 5) is 0. The molecule has 108 valence electrons. The number of nitrogens with one attached hydrogen (secondary N) is 1. The Balaban J connectivity index is 2.20. The highest BCUT2D eigenvalue weighted by Gasteiger charge is 2.20. The van der Waals surface area contributed by atoms with Crippen LogP contribution >= 0.6 is 0 Å². The second kappa shape index (κ2) is 6.95. The molecule has 0 aliphatic carbocycles. The van der Waals surface area contributed by atoms with Gasteiger partial charge in [-0.05, 0) is 51.2 Å². The first-order chi connectivity index (χ1) is 8.79. The van der Waals surface area contributed by atoms with E-state index < -0.39 is 0 Å². The molecule has 0 bridgehead atoms. The molecule has 0 aliphatic heterocycles. The third-order valence-electron chi connectivity index (χ3n) is 3.11. The van der Waals surface area contributed by atoms with E-state index in [0.717, 1.165) is 25.3 Å². The zero-order chi connectivity index (χ0) is 14.4. The van der Waals surface area contributed by atoms with E-state index in [1.165, 1.54) is 6.42 Å². The van der Waals surface area contributed by atoms with E-state index in [2.05, 4.69) is 39.9 Å². The Morgan fingerprint density at radius 3 is 2.21 bits per heavy atom. The lowest BCUT2D eigenvalue weighted by Gasteiger charge is -2.30. The molecule has 0 saturated carbocycles. The summed E-state index contributed by atoms with van der Waals surface area (Å²) in [5, 5.41) is 3.58. The topological polar surface area (TPSA) is 21.3 Å². The maximum absolute atomic E-state index is 5.73. The monoisotopic (exact) mass is 263 g/mol. The summed E-state index contributed by atoms with van der Waals surface area (Å²) in [6, 6.07) is 10.0. The first-order valence-corrected chi connectivity index (χ1v) is 7.21. The molecule has 0 radical (unpaired) electrons. The van der Waals surface area contributed by atoms with Crippen molar-refractivity contribution in [3.05, 3.63) is 30.3 Å². The number of para-hydroxylation sites is 1. The van der Waals surface area contributed by atoms with Crippen LogP contribution in [-0.4, -0.2) is 18.7 Å². The standard InChI is InChI=1S/C17H29NO/c1-16(2,3)18-14-17(4,5)12-9-13-19-15-10-7-6-8-11-15/h6-8,10-11,18H,9,12-14H2,1-5H3. The molecule has 19 heavy (non-hydrogen) atoms. The van der Waals surface area contributed by atoms with Gasteiger partial charge >= 0.3 is 0 Å². The van der Waals surface area contributed by atoms with Gasteiger partial charge in [-0.1, -0.05) is 32.0 Å². The van der Waals surface area contributed by atoms with Gasteiger partial charge in [0.1, 0.15) is 5.75 Å². The molecule has 0 saturated heterocycles. The van der Waals surface area contributed by atoms with Crippen molar-refractivity contribution in [2.45, 2.75) is 53.0 Å². The van der Waals surface area contributed by atoms with Crippen LogP contribution in [0.5, 0.6) is 5.75 Å². The predicted molar refractivity (Wildman–Crippen MR) is 82.7 cm³/mol. The van der Waals surface area contributed by atoms with Crippen molar-refractivity contribution in [1.82, 2.24) is 5.32 Å². The van der Waals surface area contributed by atoms with Crippen molar-refractivity contribution in [3.63, 3.8) is 0 Å². The molecule has 0 aliphatic rings. The third kappa shape index (κ3) is 7.89. The molecule has 0 aromatic heterocycles. The summed E-state index contributed by atoms with van der Waals surface area (Å²) in [6.07, 6.45) is 2.26. The molecule has 1 aromatic rings. The highest BCUT2D eigenvalue weighted by molar-refractivity contribution is 5.20. The lowest BCUT2D eigenvalue weighted by Crippen LogP contribution is -2.42. The highest BCUT2D eigenvalue weighted by Crippen LogP contribution is 2.22. The summed E-state index contributed by atoms with van der Waals surface area (Å²) in [7, 11) is 0. The van der Waals surface area contributed by atoms with Gasteiger partial charge in [-0.15, -0.1) is 0 Å². The second-order valence-electron chi connectivity index (χ2n) is 7.03. The van der Waals surface area contributed by atoms with Crippen LogP contribution in [0.15, 0.2) is 30.3 Å². The number of rotatable bonds is 7. The summed E-state index contributed by atoms with van der Waals surface area (Å²) in [5.74, 6) is 0.966. The maximum Gasteiger partial charge on any atom is 0.119 e. The van der Waals surface area contributed by atoms with Crippen molar-refractivity contribution in [3.8, 4) is 5.75 Å². The number of hydrogen-bond acceptors (Lipinski definition) is 2. The largest absolute Gasteiger partial charge is 0.494 e. The minimum absolute atomic E-state index is 0.192. The van der Waals surface area contributed by atoms with E-state index in [0.29, 0.717) is 5.41 Å². The Kier molecular flexibility index (Phi) is 5.86. The van der Waals surface area contributed by atoms with Gasteiger partial charge in [0.05, 0.1) is 6.61 Å². The number of benzene rings is 1. The molecular formula is C17H29NO. The Morgan fingerprint density at radius 2 is 1.63 bits per heavy atom. The summed E-state index contributed by atoms with van der Waals surface area (Å²) in [6.45, 7) is 13.1. The maximum atomic E-state index is 5.73.